The number of para-hydroxylation sites is 1. The number of nitrogens with zero attached hydrogens (tertiary/aromatic N) is 1. The molecule has 2 aromatic rings. The van der Waals surface area contributed by atoms with Crippen LogP contribution in [-0.4, -0.2) is 14.5 Å². The Balaban J connectivity index is 2.12. The molecule has 0 aliphatic carbocycles. The highest BCUT2D eigenvalue weighted by atomic mass is 35.5. The van der Waals surface area contributed by atoms with Crippen LogP contribution in [0.15, 0.2) is 47.4 Å². The molecule has 1 heterocycles. The third-order valence-electron chi connectivity index (χ3n) is 3.83. The highest BCUT2D eigenvalue weighted by molar-refractivity contribution is 7.92. The normalized spacial score (nSPS) is 17.9. The molecule has 0 amide bonds. The molecule has 1 aliphatic rings. The van der Waals surface area contributed by atoms with Crippen molar-refractivity contribution >= 4 is 27.3 Å². The van der Waals surface area contributed by atoms with Crippen LogP contribution >= 0.6 is 11.6 Å². The van der Waals surface area contributed by atoms with Gasteiger partial charge in [-0.1, -0.05) is 29.8 Å². The topological polar surface area (TPSA) is 37.4 Å². The molecule has 0 N–H and O–H groups in total. The van der Waals surface area contributed by atoms with Crippen molar-refractivity contribution in [3.05, 3.63) is 58.6 Å². The molecular formula is C16H16ClNO2S. The fraction of sp³-hybridized carbons (Fsp3) is 0.250. The second-order valence-electron chi connectivity index (χ2n) is 5.39. The number of hydrogen-bond acceptors (Lipinski definition) is 2. The number of halogens is 1. The summed E-state index contributed by atoms with van der Waals surface area (Å²) in [5.74, 6) is 0. The molecular weight excluding hydrogens is 306 g/mol. The van der Waals surface area contributed by atoms with Gasteiger partial charge in [0, 0.05) is 11.1 Å². The summed E-state index contributed by atoms with van der Waals surface area (Å²) in [5, 5.41) is 0.573. The highest BCUT2D eigenvalue weighted by Crippen LogP contribution is 2.36. The van der Waals surface area contributed by atoms with Crippen molar-refractivity contribution in [1.82, 2.24) is 0 Å². The molecule has 0 aromatic heterocycles. The first-order valence-corrected chi connectivity index (χ1v) is 8.61. The maximum Gasteiger partial charge on any atom is 0.264 e. The van der Waals surface area contributed by atoms with Crippen LogP contribution in [0, 0.1) is 6.92 Å². The molecule has 0 saturated carbocycles. The predicted molar refractivity (Wildman–Crippen MR) is 85.5 cm³/mol. The van der Waals surface area contributed by atoms with E-state index in [-0.39, 0.29) is 10.9 Å². The lowest BCUT2D eigenvalue weighted by atomic mass is 10.1. The maximum atomic E-state index is 13.0. The van der Waals surface area contributed by atoms with Crippen molar-refractivity contribution in [2.75, 3.05) is 4.31 Å². The minimum atomic E-state index is -3.57. The van der Waals surface area contributed by atoms with E-state index >= 15 is 0 Å². The average molecular weight is 322 g/mol. The monoisotopic (exact) mass is 321 g/mol. The zero-order chi connectivity index (χ0) is 15.2. The molecule has 3 rings (SSSR count). The van der Waals surface area contributed by atoms with Crippen LogP contribution in [0.3, 0.4) is 0 Å². The molecule has 3 nitrogen and oxygen atoms in total. The van der Waals surface area contributed by atoms with Crippen molar-refractivity contribution in [2.24, 2.45) is 0 Å². The van der Waals surface area contributed by atoms with E-state index in [9.17, 15) is 8.42 Å². The van der Waals surface area contributed by atoms with Crippen LogP contribution in [0.5, 0.6) is 0 Å². The number of benzene rings is 2. The Hall–Kier alpha value is -1.52. The van der Waals surface area contributed by atoms with Gasteiger partial charge in [0.1, 0.15) is 0 Å². The Bertz CT molecular complexity index is 802. The summed E-state index contributed by atoms with van der Waals surface area (Å²) >= 11 is 5.99. The van der Waals surface area contributed by atoms with Gasteiger partial charge in [-0.15, -0.1) is 0 Å². The quantitative estimate of drug-likeness (QED) is 0.844. The maximum absolute atomic E-state index is 13.0. The highest BCUT2D eigenvalue weighted by Gasteiger charge is 2.35. The third-order valence-corrected chi connectivity index (χ3v) is 6.18. The Labute approximate surface area is 130 Å². The molecule has 0 bridgehead atoms. The van der Waals surface area contributed by atoms with Crippen LogP contribution in [0.25, 0.3) is 0 Å². The zero-order valence-corrected chi connectivity index (χ0v) is 13.4. The second-order valence-corrected chi connectivity index (χ2v) is 7.62. The fourth-order valence-corrected chi connectivity index (χ4v) is 4.69. The van der Waals surface area contributed by atoms with Crippen LogP contribution < -0.4 is 4.31 Å². The standard InChI is InChI=1S/C16H16ClNO2S/c1-11-9-14(7-8-15(11)17)21(19,20)18-12(2)10-13-5-3-4-6-16(13)18/h3-9,12H,10H2,1-2H3. The molecule has 0 spiro atoms. The Morgan fingerprint density at radius 3 is 2.62 bits per heavy atom. The van der Waals surface area contributed by atoms with E-state index in [0.29, 0.717) is 5.02 Å². The lowest BCUT2D eigenvalue weighted by molar-refractivity contribution is 0.584. The second kappa shape index (κ2) is 5.04. The summed E-state index contributed by atoms with van der Waals surface area (Å²) in [6, 6.07) is 12.4. The van der Waals surface area contributed by atoms with E-state index < -0.39 is 10.0 Å². The fourth-order valence-electron chi connectivity index (χ4n) is 2.79. The molecule has 1 unspecified atom stereocenters. The predicted octanol–water partition coefficient (Wildman–Crippen LogP) is 3.79. The number of rotatable bonds is 2. The lowest BCUT2D eigenvalue weighted by Crippen LogP contribution is -2.35. The summed E-state index contributed by atoms with van der Waals surface area (Å²) in [6.07, 6.45) is 0.738. The first kappa shape index (κ1) is 14.4. The molecule has 0 saturated heterocycles. The van der Waals surface area contributed by atoms with Crippen molar-refractivity contribution in [1.29, 1.82) is 0 Å². The Morgan fingerprint density at radius 2 is 1.90 bits per heavy atom. The van der Waals surface area contributed by atoms with Gasteiger partial charge >= 0.3 is 0 Å². The van der Waals surface area contributed by atoms with Crippen LogP contribution in [-0.2, 0) is 16.4 Å². The first-order valence-electron chi connectivity index (χ1n) is 6.80. The SMILES string of the molecule is Cc1cc(S(=O)(=O)N2c3ccccc3CC2C)ccc1Cl. The first-order chi connectivity index (χ1) is 9.91. The third kappa shape index (κ3) is 2.32. The van der Waals surface area contributed by atoms with E-state index in [4.69, 9.17) is 11.6 Å². The van der Waals surface area contributed by atoms with Gasteiger partial charge in [0.2, 0.25) is 0 Å². The molecule has 1 atom stereocenters. The number of aryl methyl sites for hydroxylation is 1. The Kier molecular flexibility index (Phi) is 3.46. The summed E-state index contributed by atoms with van der Waals surface area (Å²) in [4.78, 5) is 0.285. The summed E-state index contributed by atoms with van der Waals surface area (Å²) in [6.45, 7) is 3.74. The van der Waals surface area contributed by atoms with E-state index in [1.165, 1.54) is 4.31 Å². The van der Waals surface area contributed by atoms with Crippen molar-refractivity contribution < 1.29 is 8.42 Å². The van der Waals surface area contributed by atoms with Crippen LogP contribution in [0.2, 0.25) is 5.02 Å². The smallest absolute Gasteiger partial charge is 0.263 e. The van der Waals surface area contributed by atoms with Crippen molar-refractivity contribution in [3.8, 4) is 0 Å². The van der Waals surface area contributed by atoms with Gasteiger partial charge in [-0.2, -0.15) is 0 Å². The minimum absolute atomic E-state index is 0.0802. The molecule has 0 radical (unpaired) electrons. The molecule has 1 aliphatic heterocycles. The van der Waals surface area contributed by atoms with Gasteiger partial charge in [-0.05, 0) is 55.7 Å². The van der Waals surface area contributed by atoms with E-state index in [1.54, 1.807) is 18.2 Å². The molecule has 0 fully saturated rings. The summed E-state index contributed by atoms with van der Waals surface area (Å²) < 4.78 is 27.4. The van der Waals surface area contributed by atoms with Gasteiger partial charge in [0.15, 0.2) is 0 Å². The van der Waals surface area contributed by atoms with Gasteiger partial charge in [0.25, 0.3) is 10.0 Å². The minimum Gasteiger partial charge on any atom is -0.263 e. The van der Waals surface area contributed by atoms with Gasteiger partial charge in [-0.25, -0.2) is 8.42 Å². The number of sulfonamides is 1. The number of anilines is 1. The summed E-state index contributed by atoms with van der Waals surface area (Å²) in [5.41, 5.74) is 2.61. The van der Waals surface area contributed by atoms with Crippen LogP contribution in [0.1, 0.15) is 18.1 Å². The van der Waals surface area contributed by atoms with Gasteiger partial charge in [0.05, 0.1) is 10.6 Å². The molecule has 110 valence electrons. The summed E-state index contributed by atoms with van der Waals surface area (Å²) in [7, 11) is -3.57. The van der Waals surface area contributed by atoms with Gasteiger partial charge in [-0.3, -0.25) is 4.31 Å². The molecule has 5 heteroatoms. The lowest BCUT2D eigenvalue weighted by Gasteiger charge is -2.24. The van der Waals surface area contributed by atoms with Crippen molar-refractivity contribution in [2.45, 2.75) is 31.2 Å². The van der Waals surface area contributed by atoms with E-state index in [0.717, 1.165) is 23.2 Å². The largest absolute Gasteiger partial charge is 0.264 e. The molecule has 2 aromatic carbocycles. The zero-order valence-electron chi connectivity index (χ0n) is 11.9. The van der Waals surface area contributed by atoms with E-state index in [2.05, 4.69) is 0 Å². The molecule has 21 heavy (non-hydrogen) atoms. The van der Waals surface area contributed by atoms with E-state index in [1.807, 2.05) is 38.1 Å². The number of hydrogen-bond donors (Lipinski definition) is 0. The van der Waals surface area contributed by atoms with Crippen molar-refractivity contribution in [3.63, 3.8) is 0 Å². The average Bonchev–Trinajstić information content (AvgIpc) is 2.78. The van der Waals surface area contributed by atoms with Crippen LogP contribution in [0.4, 0.5) is 5.69 Å². The number of fused-ring (bicyclic) bond motifs is 1. The van der Waals surface area contributed by atoms with Gasteiger partial charge < -0.3 is 0 Å². The Morgan fingerprint density at radius 1 is 1.19 bits per heavy atom.